The molecule has 0 heterocycles. The van der Waals surface area contributed by atoms with E-state index < -0.39 is 0 Å². The third-order valence-electron chi connectivity index (χ3n) is 3.77. The number of allylic oxidation sites excluding steroid dienone is 2. The van der Waals surface area contributed by atoms with Gasteiger partial charge in [-0.3, -0.25) is 4.79 Å². The Morgan fingerprint density at radius 2 is 1.95 bits per heavy atom. The molecule has 3 nitrogen and oxygen atoms in total. The third-order valence-corrected chi connectivity index (χ3v) is 3.77. The van der Waals surface area contributed by atoms with Gasteiger partial charge in [-0.1, -0.05) is 45.1 Å². The Hall–Kier alpha value is -1.90. The maximum atomic E-state index is 12.0. The van der Waals surface area contributed by atoms with Gasteiger partial charge in [-0.25, -0.2) is 5.43 Å². The monoisotopic (exact) mass is 284 g/mol. The van der Waals surface area contributed by atoms with E-state index >= 15 is 0 Å². The maximum Gasteiger partial charge on any atom is 0.271 e. The molecule has 1 aromatic carbocycles. The second-order valence-corrected chi connectivity index (χ2v) is 6.59. The van der Waals surface area contributed by atoms with E-state index in [9.17, 15) is 4.79 Å². The van der Waals surface area contributed by atoms with Crippen molar-refractivity contribution < 1.29 is 4.79 Å². The molecule has 1 aliphatic carbocycles. The summed E-state index contributed by atoms with van der Waals surface area (Å²) in [6.45, 7) is 6.47. The molecule has 0 radical (unpaired) electrons. The lowest BCUT2D eigenvalue weighted by Crippen LogP contribution is -2.19. The van der Waals surface area contributed by atoms with E-state index in [1.165, 1.54) is 5.56 Å². The van der Waals surface area contributed by atoms with E-state index in [1.807, 2.05) is 30.5 Å². The largest absolute Gasteiger partial charge is 0.271 e. The average Bonchev–Trinajstić information content (AvgIpc) is 2.47. The summed E-state index contributed by atoms with van der Waals surface area (Å²) in [5.41, 5.74) is 4.57. The first-order valence-corrected chi connectivity index (χ1v) is 7.56. The van der Waals surface area contributed by atoms with Crippen LogP contribution in [0.4, 0.5) is 0 Å². The van der Waals surface area contributed by atoms with Crippen LogP contribution in [0.2, 0.25) is 0 Å². The molecule has 0 saturated carbocycles. The fourth-order valence-electron chi connectivity index (χ4n) is 2.34. The Bertz CT molecular complexity index is 535. The van der Waals surface area contributed by atoms with Gasteiger partial charge in [0.05, 0.1) is 0 Å². The molecule has 2 rings (SSSR count). The third kappa shape index (κ3) is 4.55. The predicted octanol–water partition coefficient (Wildman–Crippen LogP) is 4.06. The lowest BCUT2D eigenvalue weighted by molar-refractivity contribution is 0.0955. The van der Waals surface area contributed by atoms with Crippen molar-refractivity contribution in [2.24, 2.45) is 11.0 Å². The molecule has 1 atom stereocenters. The lowest BCUT2D eigenvalue weighted by Gasteiger charge is -2.18. The van der Waals surface area contributed by atoms with Gasteiger partial charge >= 0.3 is 0 Å². The topological polar surface area (TPSA) is 41.5 Å². The number of amides is 1. The summed E-state index contributed by atoms with van der Waals surface area (Å²) in [6, 6.07) is 7.72. The van der Waals surface area contributed by atoms with Crippen LogP contribution < -0.4 is 5.43 Å². The van der Waals surface area contributed by atoms with E-state index in [-0.39, 0.29) is 11.3 Å². The highest BCUT2D eigenvalue weighted by molar-refractivity contribution is 5.94. The average molecular weight is 284 g/mol. The van der Waals surface area contributed by atoms with Crippen molar-refractivity contribution in [3.63, 3.8) is 0 Å². The number of hydrazone groups is 1. The molecule has 1 amide bonds. The van der Waals surface area contributed by atoms with Crippen LogP contribution in [0.3, 0.4) is 0 Å². The zero-order chi connectivity index (χ0) is 15.3. The number of nitrogens with zero attached hydrogens (tertiary/aromatic N) is 1. The number of hydrogen-bond acceptors (Lipinski definition) is 2. The first kappa shape index (κ1) is 15.5. The maximum absolute atomic E-state index is 12.0. The van der Waals surface area contributed by atoms with Crippen LogP contribution in [0.15, 0.2) is 41.5 Å². The molecule has 1 aromatic rings. The van der Waals surface area contributed by atoms with Crippen molar-refractivity contribution >= 4 is 12.1 Å². The Kier molecular flexibility index (Phi) is 4.94. The van der Waals surface area contributed by atoms with Crippen LogP contribution in [0.25, 0.3) is 0 Å². The van der Waals surface area contributed by atoms with Crippen LogP contribution >= 0.6 is 0 Å². The Balaban J connectivity index is 1.91. The van der Waals surface area contributed by atoms with Gasteiger partial charge in [0, 0.05) is 11.8 Å². The molecule has 0 aliphatic heterocycles. The second kappa shape index (κ2) is 6.70. The van der Waals surface area contributed by atoms with Gasteiger partial charge in [0.25, 0.3) is 5.91 Å². The minimum atomic E-state index is -0.155. The Labute approximate surface area is 127 Å². The SMILES string of the molecule is CC(C)(C)c1ccc(C(=O)NN=CC2CC=CCC2)cc1. The number of hydrogen-bond donors (Lipinski definition) is 1. The zero-order valence-corrected chi connectivity index (χ0v) is 13.1. The smallest absolute Gasteiger partial charge is 0.267 e. The molecule has 3 heteroatoms. The highest BCUT2D eigenvalue weighted by Crippen LogP contribution is 2.22. The summed E-state index contributed by atoms with van der Waals surface area (Å²) in [6.07, 6.45) is 9.44. The van der Waals surface area contributed by atoms with Crippen molar-refractivity contribution in [1.29, 1.82) is 0 Å². The summed E-state index contributed by atoms with van der Waals surface area (Å²) in [4.78, 5) is 12.0. The van der Waals surface area contributed by atoms with Gasteiger partial charge in [-0.15, -0.1) is 0 Å². The molecule has 0 aromatic heterocycles. The summed E-state index contributed by atoms with van der Waals surface area (Å²) in [7, 11) is 0. The molecule has 0 bridgehead atoms. The standard InChI is InChI=1S/C18H24N2O/c1-18(2,3)16-11-9-15(10-12-16)17(21)20-19-13-14-7-5-4-6-8-14/h4-5,9-14H,6-8H2,1-3H3,(H,20,21). The molecule has 1 aliphatic rings. The molecular weight excluding hydrogens is 260 g/mol. The minimum absolute atomic E-state index is 0.0989. The van der Waals surface area contributed by atoms with Crippen molar-refractivity contribution in [3.8, 4) is 0 Å². The lowest BCUT2D eigenvalue weighted by atomic mass is 9.87. The summed E-state index contributed by atoms with van der Waals surface area (Å²) in [5.74, 6) is 0.289. The van der Waals surface area contributed by atoms with Gasteiger partial charge in [-0.2, -0.15) is 5.10 Å². The van der Waals surface area contributed by atoms with E-state index in [2.05, 4.69) is 43.5 Å². The van der Waals surface area contributed by atoms with Crippen molar-refractivity contribution in [2.45, 2.75) is 45.4 Å². The summed E-state index contributed by atoms with van der Waals surface area (Å²) >= 11 is 0. The Morgan fingerprint density at radius 1 is 1.24 bits per heavy atom. The molecular formula is C18H24N2O. The predicted molar refractivity (Wildman–Crippen MR) is 87.6 cm³/mol. The molecule has 1 unspecified atom stereocenters. The van der Waals surface area contributed by atoms with E-state index in [4.69, 9.17) is 0 Å². The molecule has 0 spiro atoms. The highest BCUT2D eigenvalue weighted by atomic mass is 16.2. The van der Waals surface area contributed by atoms with Crippen LogP contribution in [0.5, 0.6) is 0 Å². The fraction of sp³-hybridized carbons (Fsp3) is 0.444. The van der Waals surface area contributed by atoms with E-state index in [1.54, 1.807) is 0 Å². The van der Waals surface area contributed by atoms with Gasteiger partial charge in [0.15, 0.2) is 0 Å². The van der Waals surface area contributed by atoms with Gasteiger partial charge in [0.2, 0.25) is 0 Å². The summed E-state index contributed by atoms with van der Waals surface area (Å²) in [5, 5.41) is 4.08. The summed E-state index contributed by atoms with van der Waals surface area (Å²) < 4.78 is 0. The first-order chi connectivity index (χ1) is 9.97. The van der Waals surface area contributed by atoms with Crippen LogP contribution in [0.1, 0.15) is 56.0 Å². The zero-order valence-electron chi connectivity index (χ0n) is 13.1. The number of carbonyl (C=O) groups excluding carboxylic acids is 1. The van der Waals surface area contributed by atoms with Gasteiger partial charge < -0.3 is 0 Å². The molecule has 112 valence electrons. The fourth-order valence-corrected chi connectivity index (χ4v) is 2.34. The normalized spacial score (nSPS) is 18.9. The number of benzene rings is 1. The van der Waals surface area contributed by atoms with E-state index in [0.29, 0.717) is 11.5 Å². The van der Waals surface area contributed by atoms with Crippen LogP contribution in [-0.4, -0.2) is 12.1 Å². The van der Waals surface area contributed by atoms with Gasteiger partial charge in [-0.05, 0) is 48.3 Å². The first-order valence-electron chi connectivity index (χ1n) is 7.56. The number of carbonyl (C=O) groups is 1. The van der Waals surface area contributed by atoms with Crippen molar-refractivity contribution in [1.82, 2.24) is 5.43 Å². The molecule has 21 heavy (non-hydrogen) atoms. The number of nitrogens with one attached hydrogen (secondary N) is 1. The van der Waals surface area contributed by atoms with E-state index in [0.717, 1.165) is 19.3 Å². The molecule has 0 fully saturated rings. The second-order valence-electron chi connectivity index (χ2n) is 6.59. The number of rotatable bonds is 3. The van der Waals surface area contributed by atoms with Crippen molar-refractivity contribution in [3.05, 3.63) is 47.5 Å². The minimum Gasteiger partial charge on any atom is -0.267 e. The van der Waals surface area contributed by atoms with Crippen molar-refractivity contribution in [2.75, 3.05) is 0 Å². The van der Waals surface area contributed by atoms with Crippen LogP contribution in [-0.2, 0) is 5.41 Å². The quantitative estimate of drug-likeness (QED) is 0.507. The van der Waals surface area contributed by atoms with Gasteiger partial charge in [0.1, 0.15) is 0 Å². The highest BCUT2D eigenvalue weighted by Gasteiger charge is 2.14. The molecule has 0 saturated heterocycles. The Morgan fingerprint density at radius 3 is 2.52 bits per heavy atom. The van der Waals surface area contributed by atoms with Crippen LogP contribution in [0, 0.1) is 5.92 Å². The molecule has 1 N–H and O–H groups in total.